The van der Waals surface area contributed by atoms with Gasteiger partial charge in [-0.1, -0.05) is 6.42 Å². The second-order valence-electron chi connectivity index (χ2n) is 11.5. The highest BCUT2D eigenvalue weighted by Gasteiger charge is 2.48. The number of nitrogens with zero attached hydrogens (tertiary/aromatic N) is 2. The van der Waals surface area contributed by atoms with Gasteiger partial charge in [0.25, 0.3) is 0 Å². The summed E-state index contributed by atoms with van der Waals surface area (Å²) < 4.78 is 33.5. The minimum Gasteiger partial charge on any atom is -0.446 e. The Morgan fingerprint density at radius 2 is 1.61 bits per heavy atom. The van der Waals surface area contributed by atoms with Crippen LogP contribution in [0.15, 0.2) is 0 Å². The van der Waals surface area contributed by atoms with Crippen LogP contribution >= 0.6 is 0 Å². The van der Waals surface area contributed by atoms with Gasteiger partial charge in [0.05, 0.1) is 23.9 Å². The lowest BCUT2D eigenvalue weighted by molar-refractivity contribution is -0.143. The van der Waals surface area contributed by atoms with Crippen LogP contribution in [0.2, 0.25) is 0 Å². The lowest BCUT2D eigenvalue weighted by Gasteiger charge is -2.54. The molecule has 0 bridgehead atoms. The summed E-state index contributed by atoms with van der Waals surface area (Å²) in [6.07, 6.45) is 10.7. The number of amides is 2. The smallest absolute Gasteiger partial charge is 0.410 e. The first-order valence-electron chi connectivity index (χ1n) is 14.1. The van der Waals surface area contributed by atoms with E-state index in [-0.39, 0.29) is 49.4 Å². The molecule has 1 saturated heterocycles. The molecule has 3 unspecified atom stereocenters. The van der Waals surface area contributed by atoms with E-state index in [1.165, 1.54) is 6.42 Å². The van der Waals surface area contributed by atoms with Gasteiger partial charge in [-0.15, -0.1) is 0 Å². The predicted molar refractivity (Wildman–Crippen MR) is 137 cm³/mol. The quantitative estimate of drug-likeness (QED) is 0.549. The Morgan fingerprint density at radius 1 is 0.944 bits per heavy atom. The fourth-order valence-corrected chi connectivity index (χ4v) is 8.91. The van der Waals surface area contributed by atoms with Crippen molar-refractivity contribution < 1.29 is 27.9 Å². The summed E-state index contributed by atoms with van der Waals surface area (Å²) in [6, 6.07) is -0.0697. The van der Waals surface area contributed by atoms with E-state index in [9.17, 15) is 18.0 Å². The first-order valence-corrected chi connectivity index (χ1v) is 15.6. The molecule has 0 aromatic rings. The summed E-state index contributed by atoms with van der Waals surface area (Å²) in [5, 5.41) is 8.57. The SMILES string of the molecule is CC(=O)N1C2CCC(C3CCC(S(=O)(=O)NCCO)CC3)CC2N(C(=O)OC2CCCCC2)C[C@@H]1C. The van der Waals surface area contributed by atoms with Crippen molar-refractivity contribution >= 4 is 22.0 Å². The van der Waals surface area contributed by atoms with Gasteiger partial charge in [0.15, 0.2) is 0 Å². The highest BCUT2D eigenvalue weighted by molar-refractivity contribution is 7.90. The second kappa shape index (κ2) is 12.0. The normalized spacial score (nSPS) is 34.2. The maximum atomic E-state index is 13.4. The Labute approximate surface area is 216 Å². The standard InChI is InChI=1S/C26H45N3O6S/c1-18-17-28(26(32)35-22-6-4-3-5-7-22)25-16-21(10-13-24(25)29(18)19(2)31)20-8-11-23(12-9-20)36(33,34)27-14-15-30/h18,20-25,27,30H,3-17H2,1-2H3/t18-,20?,21?,23?,24?,25?/m0/s1. The number of carbonyl (C=O) groups excluding carboxylic acids is 2. The number of rotatable bonds is 6. The summed E-state index contributed by atoms with van der Waals surface area (Å²) in [4.78, 5) is 29.8. The van der Waals surface area contributed by atoms with Crippen molar-refractivity contribution in [1.82, 2.24) is 14.5 Å². The van der Waals surface area contributed by atoms with E-state index in [0.717, 1.165) is 57.8 Å². The third-order valence-electron chi connectivity index (χ3n) is 9.17. The molecule has 4 fully saturated rings. The molecule has 3 saturated carbocycles. The molecule has 2 N–H and O–H groups in total. The van der Waals surface area contributed by atoms with Crippen LogP contribution < -0.4 is 4.72 Å². The predicted octanol–water partition coefficient (Wildman–Crippen LogP) is 3.02. The fraction of sp³-hybridized carbons (Fsp3) is 0.923. The molecule has 0 aromatic carbocycles. The average molecular weight is 528 g/mol. The average Bonchev–Trinajstić information content (AvgIpc) is 2.87. The Hall–Kier alpha value is -1.39. The molecule has 36 heavy (non-hydrogen) atoms. The van der Waals surface area contributed by atoms with E-state index < -0.39 is 15.3 Å². The first kappa shape index (κ1) is 27.6. The van der Waals surface area contributed by atoms with E-state index in [0.29, 0.717) is 31.2 Å². The summed E-state index contributed by atoms with van der Waals surface area (Å²) in [6.45, 7) is 4.01. The second-order valence-corrected chi connectivity index (χ2v) is 13.5. The molecule has 1 heterocycles. The van der Waals surface area contributed by atoms with Gasteiger partial charge >= 0.3 is 6.09 Å². The van der Waals surface area contributed by atoms with Crippen molar-refractivity contribution in [2.75, 3.05) is 19.7 Å². The molecule has 10 heteroatoms. The van der Waals surface area contributed by atoms with Crippen molar-refractivity contribution in [1.29, 1.82) is 0 Å². The minimum absolute atomic E-state index is 0.00176. The number of carbonyl (C=O) groups is 2. The van der Waals surface area contributed by atoms with Gasteiger partial charge in [0, 0.05) is 26.1 Å². The number of hydrogen-bond acceptors (Lipinski definition) is 6. The van der Waals surface area contributed by atoms with Crippen LogP contribution in [0.1, 0.15) is 90.9 Å². The molecule has 206 valence electrons. The summed E-state index contributed by atoms with van der Waals surface area (Å²) in [5.74, 6) is 0.904. The van der Waals surface area contributed by atoms with Crippen LogP contribution in [0.25, 0.3) is 0 Å². The third-order valence-corrected chi connectivity index (χ3v) is 11.1. The largest absolute Gasteiger partial charge is 0.446 e. The van der Waals surface area contributed by atoms with Crippen molar-refractivity contribution in [2.45, 2.75) is 120 Å². The van der Waals surface area contributed by atoms with Gasteiger partial charge in [-0.05, 0) is 89.4 Å². The van der Waals surface area contributed by atoms with Gasteiger partial charge in [-0.2, -0.15) is 0 Å². The monoisotopic (exact) mass is 527 g/mol. The van der Waals surface area contributed by atoms with Gasteiger partial charge in [0.1, 0.15) is 6.10 Å². The Morgan fingerprint density at radius 3 is 2.25 bits per heavy atom. The zero-order valence-electron chi connectivity index (χ0n) is 21.9. The molecule has 0 radical (unpaired) electrons. The number of hydrogen-bond donors (Lipinski definition) is 2. The molecule has 4 aliphatic rings. The number of ether oxygens (including phenoxy) is 1. The zero-order valence-corrected chi connectivity index (χ0v) is 22.8. The number of piperazine rings is 1. The highest BCUT2D eigenvalue weighted by Crippen LogP contribution is 2.43. The number of aliphatic hydroxyl groups excluding tert-OH is 1. The Balaban J connectivity index is 1.42. The number of sulfonamides is 1. The molecule has 3 aliphatic carbocycles. The molecule has 4 atom stereocenters. The van der Waals surface area contributed by atoms with E-state index in [1.54, 1.807) is 6.92 Å². The minimum atomic E-state index is -3.40. The Kier molecular flexibility index (Phi) is 9.20. The molecule has 0 aromatic heterocycles. The van der Waals surface area contributed by atoms with Crippen molar-refractivity contribution in [2.24, 2.45) is 11.8 Å². The molecule has 4 rings (SSSR count). The van der Waals surface area contributed by atoms with Gasteiger partial charge in [-0.3, -0.25) is 4.79 Å². The molecule has 0 spiro atoms. The summed E-state index contributed by atoms with van der Waals surface area (Å²) in [5.41, 5.74) is 0. The molecular weight excluding hydrogens is 482 g/mol. The molecule has 1 aliphatic heterocycles. The van der Waals surface area contributed by atoms with Crippen LogP contribution in [-0.2, 0) is 19.6 Å². The zero-order chi connectivity index (χ0) is 25.9. The van der Waals surface area contributed by atoms with Crippen LogP contribution in [0.5, 0.6) is 0 Å². The molecular formula is C26H45N3O6S. The van der Waals surface area contributed by atoms with Crippen LogP contribution in [0, 0.1) is 11.8 Å². The van der Waals surface area contributed by atoms with Gasteiger partial charge < -0.3 is 19.6 Å². The van der Waals surface area contributed by atoms with E-state index in [2.05, 4.69) is 4.72 Å². The lowest BCUT2D eigenvalue weighted by Crippen LogP contribution is -2.67. The summed E-state index contributed by atoms with van der Waals surface area (Å²) in [7, 11) is -3.40. The van der Waals surface area contributed by atoms with Crippen LogP contribution in [0.3, 0.4) is 0 Å². The number of fused-ring (bicyclic) bond motifs is 1. The van der Waals surface area contributed by atoms with Gasteiger partial charge in [0.2, 0.25) is 15.9 Å². The van der Waals surface area contributed by atoms with Crippen molar-refractivity contribution in [3.63, 3.8) is 0 Å². The summed E-state index contributed by atoms with van der Waals surface area (Å²) >= 11 is 0. The molecule has 9 nitrogen and oxygen atoms in total. The van der Waals surface area contributed by atoms with E-state index in [4.69, 9.17) is 9.84 Å². The van der Waals surface area contributed by atoms with Crippen LogP contribution in [-0.4, -0.2) is 84.5 Å². The van der Waals surface area contributed by atoms with Crippen molar-refractivity contribution in [3.05, 3.63) is 0 Å². The van der Waals surface area contributed by atoms with E-state index in [1.807, 2.05) is 16.7 Å². The number of nitrogens with one attached hydrogen (secondary N) is 1. The topological polar surface area (TPSA) is 116 Å². The third kappa shape index (κ3) is 6.18. The molecule has 2 amide bonds. The van der Waals surface area contributed by atoms with Crippen LogP contribution in [0.4, 0.5) is 4.79 Å². The maximum absolute atomic E-state index is 13.4. The lowest BCUT2D eigenvalue weighted by atomic mass is 9.69. The van der Waals surface area contributed by atoms with Crippen molar-refractivity contribution in [3.8, 4) is 0 Å². The first-order chi connectivity index (χ1) is 17.2. The van der Waals surface area contributed by atoms with Gasteiger partial charge in [-0.25, -0.2) is 17.9 Å². The maximum Gasteiger partial charge on any atom is 0.410 e. The highest BCUT2D eigenvalue weighted by atomic mass is 32.2. The number of aliphatic hydroxyl groups is 1. The Bertz CT molecular complexity index is 869. The fourth-order valence-electron chi connectivity index (χ4n) is 7.41. The van der Waals surface area contributed by atoms with E-state index >= 15 is 0 Å².